The fourth-order valence-electron chi connectivity index (χ4n) is 1.81. The van der Waals surface area contributed by atoms with Gasteiger partial charge in [-0.3, -0.25) is 9.36 Å². The Morgan fingerprint density at radius 3 is 2.86 bits per heavy atom. The summed E-state index contributed by atoms with van der Waals surface area (Å²) in [5.41, 5.74) is 0.776. The van der Waals surface area contributed by atoms with Crippen molar-refractivity contribution >= 4 is 51.9 Å². The first-order chi connectivity index (χ1) is 10.0. The number of thioether (sulfide) groups is 1. The number of aromatic nitrogens is 3. The van der Waals surface area contributed by atoms with Gasteiger partial charge >= 0.3 is 5.97 Å². The lowest BCUT2D eigenvalue weighted by Crippen LogP contribution is -2.05. The average molecular weight is 438 g/mol. The number of rotatable bonds is 6. The van der Waals surface area contributed by atoms with E-state index in [1.807, 2.05) is 22.8 Å². The van der Waals surface area contributed by atoms with Crippen LogP contribution in [-0.2, 0) is 11.2 Å². The number of nitrogens with zero attached hydrogens (tertiary/aromatic N) is 3. The van der Waals surface area contributed by atoms with Crippen molar-refractivity contribution in [1.82, 2.24) is 14.8 Å². The maximum Gasteiger partial charge on any atom is 0.313 e. The van der Waals surface area contributed by atoms with Gasteiger partial charge in [-0.1, -0.05) is 30.3 Å². The molecule has 0 saturated heterocycles. The monoisotopic (exact) mass is 437 g/mol. The van der Waals surface area contributed by atoms with Crippen LogP contribution in [0.3, 0.4) is 0 Å². The van der Waals surface area contributed by atoms with Crippen LogP contribution in [0.5, 0.6) is 0 Å². The third-order valence-electron chi connectivity index (χ3n) is 2.65. The highest BCUT2D eigenvalue weighted by Gasteiger charge is 2.17. The Hall–Kier alpha value is -0.800. The van der Waals surface area contributed by atoms with Crippen LogP contribution in [0, 0.1) is 3.57 Å². The molecule has 2 rings (SSSR count). The van der Waals surface area contributed by atoms with Gasteiger partial charge in [-0.05, 0) is 47.2 Å². The van der Waals surface area contributed by atoms with Gasteiger partial charge in [0, 0.05) is 9.99 Å². The number of carboxylic acids is 1. The van der Waals surface area contributed by atoms with E-state index in [2.05, 4.69) is 39.7 Å². The average Bonchev–Trinajstić information content (AvgIpc) is 2.80. The molecule has 0 spiro atoms. The number of carboxylic acid groups (broad SMARTS) is 1. The molecule has 1 N–H and O–H groups in total. The molecule has 0 aliphatic carbocycles. The summed E-state index contributed by atoms with van der Waals surface area (Å²) < 4.78 is 2.88. The lowest BCUT2D eigenvalue weighted by Gasteiger charge is -2.11. The van der Waals surface area contributed by atoms with Crippen molar-refractivity contribution < 1.29 is 9.90 Å². The molecule has 0 saturated carbocycles. The minimum Gasteiger partial charge on any atom is -0.481 e. The van der Waals surface area contributed by atoms with Gasteiger partial charge < -0.3 is 5.11 Å². The zero-order valence-corrected chi connectivity index (χ0v) is 14.9. The number of carbonyl (C=O) groups is 1. The molecule has 1 heterocycles. The van der Waals surface area contributed by atoms with E-state index in [-0.39, 0.29) is 5.75 Å². The Morgan fingerprint density at radius 2 is 2.24 bits per heavy atom. The first kappa shape index (κ1) is 16.6. The van der Waals surface area contributed by atoms with Gasteiger partial charge in [0.15, 0.2) is 5.16 Å². The first-order valence-corrected chi connectivity index (χ1v) is 8.71. The van der Waals surface area contributed by atoms with Crippen LogP contribution in [0.2, 0.25) is 5.02 Å². The van der Waals surface area contributed by atoms with Crippen LogP contribution in [0.1, 0.15) is 19.2 Å². The van der Waals surface area contributed by atoms with E-state index in [0.717, 1.165) is 39.7 Å². The Bertz CT molecular complexity index is 663. The van der Waals surface area contributed by atoms with Crippen LogP contribution in [0.4, 0.5) is 0 Å². The molecule has 0 radical (unpaired) electrons. The molecule has 1 aromatic heterocycles. The smallest absolute Gasteiger partial charge is 0.313 e. The van der Waals surface area contributed by atoms with Crippen molar-refractivity contribution in [2.45, 2.75) is 24.9 Å². The molecule has 0 bridgehead atoms. The Morgan fingerprint density at radius 1 is 1.48 bits per heavy atom. The minimum atomic E-state index is -0.889. The summed E-state index contributed by atoms with van der Waals surface area (Å²) in [6.07, 6.45) is 1.67. The normalized spacial score (nSPS) is 10.8. The zero-order valence-electron chi connectivity index (χ0n) is 11.2. The second-order valence-electron chi connectivity index (χ2n) is 4.26. The lowest BCUT2D eigenvalue weighted by molar-refractivity contribution is -0.133. The minimum absolute atomic E-state index is 0.0632. The van der Waals surface area contributed by atoms with Crippen LogP contribution < -0.4 is 0 Å². The number of hydrogen-bond donors (Lipinski definition) is 1. The van der Waals surface area contributed by atoms with Crippen LogP contribution in [0.15, 0.2) is 23.4 Å². The molecule has 21 heavy (non-hydrogen) atoms. The summed E-state index contributed by atoms with van der Waals surface area (Å²) in [5.74, 6) is -0.166. The molecule has 0 aliphatic rings. The second-order valence-corrected chi connectivity index (χ2v) is 6.86. The molecule has 5 nitrogen and oxygen atoms in total. The van der Waals surface area contributed by atoms with Gasteiger partial charge in [-0.2, -0.15) is 0 Å². The molecule has 0 unspecified atom stereocenters. The van der Waals surface area contributed by atoms with Gasteiger partial charge in [0.1, 0.15) is 5.82 Å². The van der Waals surface area contributed by atoms with Gasteiger partial charge in [-0.15, -0.1) is 10.2 Å². The largest absolute Gasteiger partial charge is 0.481 e. The molecular formula is C13H13ClIN3O2S. The summed E-state index contributed by atoms with van der Waals surface area (Å²) in [6.45, 7) is 2.05. The van der Waals surface area contributed by atoms with Crippen LogP contribution >= 0.6 is 46.0 Å². The highest BCUT2D eigenvalue weighted by atomic mass is 127. The van der Waals surface area contributed by atoms with Crippen molar-refractivity contribution in [3.8, 4) is 5.69 Å². The summed E-state index contributed by atoms with van der Waals surface area (Å²) in [7, 11) is 0. The van der Waals surface area contributed by atoms with Crippen LogP contribution in [-0.4, -0.2) is 31.6 Å². The summed E-state index contributed by atoms with van der Waals surface area (Å²) in [5, 5.41) is 18.2. The zero-order chi connectivity index (χ0) is 15.4. The predicted octanol–water partition coefficient (Wildman–Crippen LogP) is 3.65. The predicted molar refractivity (Wildman–Crippen MR) is 91.4 cm³/mol. The molecule has 1 aromatic carbocycles. The molecule has 112 valence electrons. The van der Waals surface area contributed by atoms with Crippen molar-refractivity contribution in [2.24, 2.45) is 0 Å². The number of halogens is 2. The standard InChI is InChI=1S/C13H13ClIN3O2S/c1-2-3-11-16-17-13(21-7-12(19)20)18(11)10-5-4-8(15)6-9(10)14/h4-6H,2-3,7H2,1H3,(H,19,20). The van der Waals surface area contributed by atoms with Gasteiger partial charge in [0.2, 0.25) is 0 Å². The fourth-order valence-corrected chi connectivity index (χ4v) is 3.43. The lowest BCUT2D eigenvalue weighted by atomic mass is 10.3. The number of aliphatic carboxylic acids is 1. The van der Waals surface area contributed by atoms with Gasteiger partial charge in [-0.25, -0.2) is 0 Å². The van der Waals surface area contributed by atoms with Crippen LogP contribution in [0.25, 0.3) is 5.69 Å². The second kappa shape index (κ2) is 7.46. The topological polar surface area (TPSA) is 68.0 Å². The Balaban J connectivity index is 2.47. The molecule has 2 aromatic rings. The fraction of sp³-hybridized carbons (Fsp3) is 0.308. The van der Waals surface area contributed by atoms with E-state index in [4.69, 9.17) is 16.7 Å². The maximum absolute atomic E-state index is 10.8. The number of benzene rings is 1. The molecular weight excluding hydrogens is 425 g/mol. The molecule has 8 heteroatoms. The third-order valence-corrected chi connectivity index (χ3v) is 4.54. The molecule has 0 atom stereocenters. The summed E-state index contributed by atoms with van der Waals surface area (Å²) in [6, 6.07) is 5.71. The van der Waals surface area contributed by atoms with Crippen molar-refractivity contribution in [3.63, 3.8) is 0 Å². The van der Waals surface area contributed by atoms with Crippen molar-refractivity contribution in [3.05, 3.63) is 32.6 Å². The third kappa shape index (κ3) is 4.10. The number of aryl methyl sites for hydroxylation is 1. The van der Waals surface area contributed by atoms with E-state index >= 15 is 0 Å². The van der Waals surface area contributed by atoms with Crippen molar-refractivity contribution in [1.29, 1.82) is 0 Å². The Kier molecular flexibility index (Phi) is 5.88. The highest BCUT2D eigenvalue weighted by Crippen LogP contribution is 2.28. The van der Waals surface area contributed by atoms with Gasteiger partial charge in [0.05, 0.1) is 16.5 Å². The van der Waals surface area contributed by atoms with E-state index in [1.165, 1.54) is 0 Å². The molecule has 0 amide bonds. The van der Waals surface area contributed by atoms with E-state index in [1.54, 1.807) is 0 Å². The summed E-state index contributed by atoms with van der Waals surface area (Å²) >= 11 is 9.65. The van der Waals surface area contributed by atoms with E-state index < -0.39 is 5.97 Å². The SMILES string of the molecule is CCCc1nnc(SCC(=O)O)n1-c1ccc(I)cc1Cl. The van der Waals surface area contributed by atoms with Gasteiger partial charge in [0.25, 0.3) is 0 Å². The van der Waals surface area contributed by atoms with Crippen molar-refractivity contribution in [2.75, 3.05) is 5.75 Å². The molecule has 0 aliphatic heterocycles. The highest BCUT2D eigenvalue weighted by molar-refractivity contribution is 14.1. The summed E-state index contributed by atoms with van der Waals surface area (Å²) in [4.78, 5) is 10.8. The quantitative estimate of drug-likeness (QED) is 0.552. The molecule has 0 fully saturated rings. The Labute approximate surface area is 145 Å². The van der Waals surface area contributed by atoms with E-state index in [9.17, 15) is 4.79 Å². The first-order valence-electron chi connectivity index (χ1n) is 6.27. The maximum atomic E-state index is 10.8. The number of hydrogen-bond acceptors (Lipinski definition) is 4. The van der Waals surface area contributed by atoms with E-state index in [0.29, 0.717) is 10.2 Å².